The average molecular weight is 188 g/mol. The third kappa shape index (κ3) is 7.78. The van der Waals surface area contributed by atoms with Crippen molar-refractivity contribution in [3.05, 3.63) is 0 Å². The Labute approximate surface area is 80.1 Å². The van der Waals surface area contributed by atoms with Crippen LogP contribution in [0.15, 0.2) is 0 Å². The first-order valence-electron chi connectivity index (χ1n) is 4.95. The lowest BCUT2D eigenvalue weighted by Crippen LogP contribution is -2.10. The van der Waals surface area contributed by atoms with Crippen LogP contribution in [-0.2, 0) is 9.53 Å². The zero-order chi connectivity index (χ0) is 10.1. The maximum Gasteiger partial charge on any atom is 0.305 e. The fraction of sp³-hybridized carbons (Fsp3) is 0.900. The molecule has 0 amide bonds. The normalized spacial score (nSPS) is 12.5. The molecular formula is C10H20O3. The van der Waals surface area contributed by atoms with Crippen LogP contribution < -0.4 is 0 Å². The van der Waals surface area contributed by atoms with Crippen LogP contribution in [0.3, 0.4) is 0 Å². The predicted molar refractivity (Wildman–Crippen MR) is 51.4 cm³/mol. The van der Waals surface area contributed by atoms with E-state index in [1.54, 1.807) is 0 Å². The van der Waals surface area contributed by atoms with Crippen molar-refractivity contribution >= 4 is 5.97 Å². The van der Waals surface area contributed by atoms with Gasteiger partial charge >= 0.3 is 5.97 Å². The van der Waals surface area contributed by atoms with Crippen molar-refractivity contribution in [1.29, 1.82) is 0 Å². The van der Waals surface area contributed by atoms with Crippen molar-refractivity contribution in [3.63, 3.8) is 0 Å². The molecule has 0 fully saturated rings. The Bertz CT molecular complexity index is 134. The molecule has 0 rings (SSSR count). The first-order valence-corrected chi connectivity index (χ1v) is 4.95. The number of methoxy groups -OCH3 is 1. The van der Waals surface area contributed by atoms with Gasteiger partial charge in [-0.15, -0.1) is 0 Å². The summed E-state index contributed by atoms with van der Waals surface area (Å²) in [5.74, 6) is -0.241. The van der Waals surface area contributed by atoms with Crippen LogP contribution in [0.2, 0.25) is 0 Å². The lowest BCUT2D eigenvalue weighted by atomic mass is 10.1. The maximum atomic E-state index is 10.7. The molecule has 0 aromatic heterocycles. The summed E-state index contributed by atoms with van der Waals surface area (Å²) >= 11 is 0. The summed E-state index contributed by atoms with van der Waals surface area (Å²) in [6.07, 6.45) is 4.65. The number of aliphatic hydroxyl groups excluding tert-OH is 1. The lowest BCUT2D eigenvalue weighted by molar-refractivity contribution is -0.141. The highest BCUT2D eigenvalue weighted by molar-refractivity contribution is 5.69. The van der Waals surface area contributed by atoms with E-state index in [1.165, 1.54) is 7.11 Å². The summed E-state index contributed by atoms with van der Waals surface area (Å²) in [5.41, 5.74) is 0. The topological polar surface area (TPSA) is 46.5 Å². The molecule has 0 aliphatic heterocycles. The molecule has 0 spiro atoms. The minimum Gasteiger partial charge on any atom is -0.469 e. The van der Waals surface area contributed by atoms with Crippen molar-refractivity contribution in [2.24, 2.45) is 0 Å². The molecule has 78 valence electrons. The third-order valence-electron chi connectivity index (χ3n) is 2.05. The number of aliphatic hydroxyl groups is 1. The molecule has 0 heterocycles. The Morgan fingerprint density at radius 1 is 1.38 bits per heavy atom. The highest BCUT2D eigenvalue weighted by atomic mass is 16.5. The molecule has 0 saturated carbocycles. The molecule has 3 heteroatoms. The van der Waals surface area contributed by atoms with Gasteiger partial charge in [0.1, 0.15) is 0 Å². The summed E-state index contributed by atoms with van der Waals surface area (Å²) in [5, 5.41) is 9.41. The van der Waals surface area contributed by atoms with E-state index in [2.05, 4.69) is 11.7 Å². The molecule has 0 aromatic rings. The summed E-state index contributed by atoms with van der Waals surface area (Å²) in [7, 11) is 1.37. The zero-order valence-corrected chi connectivity index (χ0v) is 8.58. The number of unbranched alkanes of at least 4 members (excludes halogenated alkanes) is 2. The minimum atomic E-state index is -0.342. The van der Waals surface area contributed by atoms with Gasteiger partial charge in [0.2, 0.25) is 0 Å². The van der Waals surface area contributed by atoms with Crippen LogP contribution in [0, 0.1) is 0 Å². The Morgan fingerprint density at radius 3 is 2.62 bits per heavy atom. The van der Waals surface area contributed by atoms with Crippen molar-refractivity contribution in [2.45, 2.75) is 51.6 Å². The van der Waals surface area contributed by atoms with Gasteiger partial charge in [-0.1, -0.05) is 26.2 Å². The lowest BCUT2D eigenvalue weighted by Gasteiger charge is -2.08. The zero-order valence-electron chi connectivity index (χ0n) is 8.58. The predicted octanol–water partition coefficient (Wildman–Crippen LogP) is 1.88. The van der Waals surface area contributed by atoms with Crippen LogP contribution in [-0.4, -0.2) is 24.3 Å². The number of carbonyl (C=O) groups excluding carboxylic acids is 1. The molecule has 0 aliphatic rings. The van der Waals surface area contributed by atoms with Crippen LogP contribution in [0.25, 0.3) is 0 Å². The number of rotatable bonds is 7. The van der Waals surface area contributed by atoms with Gasteiger partial charge < -0.3 is 9.84 Å². The van der Waals surface area contributed by atoms with Gasteiger partial charge in [0, 0.05) is 6.42 Å². The minimum absolute atomic E-state index is 0.241. The van der Waals surface area contributed by atoms with Gasteiger partial charge in [0.15, 0.2) is 0 Å². The quantitative estimate of drug-likeness (QED) is 0.490. The highest BCUT2D eigenvalue weighted by Gasteiger charge is 2.07. The number of hydrogen-bond acceptors (Lipinski definition) is 3. The second kappa shape index (κ2) is 8.05. The van der Waals surface area contributed by atoms with E-state index in [4.69, 9.17) is 0 Å². The first kappa shape index (κ1) is 12.4. The van der Waals surface area contributed by atoms with E-state index >= 15 is 0 Å². The van der Waals surface area contributed by atoms with Crippen molar-refractivity contribution in [1.82, 2.24) is 0 Å². The molecule has 0 radical (unpaired) electrons. The molecule has 1 N–H and O–H groups in total. The van der Waals surface area contributed by atoms with E-state index in [0.717, 1.165) is 25.7 Å². The molecular weight excluding hydrogens is 168 g/mol. The molecule has 0 saturated heterocycles. The SMILES string of the molecule is CCCCCC(O)CCC(=O)OC. The highest BCUT2D eigenvalue weighted by Crippen LogP contribution is 2.08. The molecule has 0 aromatic carbocycles. The Kier molecular flexibility index (Phi) is 7.69. The molecule has 1 atom stereocenters. The van der Waals surface area contributed by atoms with E-state index in [1.807, 2.05) is 0 Å². The third-order valence-corrected chi connectivity index (χ3v) is 2.05. The summed E-state index contributed by atoms with van der Waals surface area (Å²) in [6.45, 7) is 2.13. The number of hydrogen-bond donors (Lipinski definition) is 1. The molecule has 0 aliphatic carbocycles. The largest absolute Gasteiger partial charge is 0.469 e. The van der Waals surface area contributed by atoms with Gasteiger partial charge in [-0.05, 0) is 12.8 Å². The number of carbonyl (C=O) groups is 1. The second-order valence-electron chi connectivity index (χ2n) is 3.26. The van der Waals surface area contributed by atoms with Crippen molar-refractivity contribution < 1.29 is 14.6 Å². The molecule has 3 nitrogen and oxygen atoms in total. The van der Waals surface area contributed by atoms with Crippen molar-refractivity contribution in [3.8, 4) is 0 Å². The summed E-state index contributed by atoms with van der Waals surface area (Å²) in [6, 6.07) is 0. The monoisotopic (exact) mass is 188 g/mol. The van der Waals surface area contributed by atoms with Gasteiger partial charge in [-0.2, -0.15) is 0 Å². The van der Waals surface area contributed by atoms with Crippen LogP contribution in [0.4, 0.5) is 0 Å². The standard InChI is InChI=1S/C10H20O3/c1-3-4-5-6-9(11)7-8-10(12)13-2/h9,11H,3-8H2,1-2H3. The Hall–Kier alpha value is -0.570. The number of ether oxygens (including phenoxy) is 1. The van der Waals surface area contributed by atoms with Crippen LogP contribution in [0.5, 0.6) is 0 Å². The van der Waals surface area contributed by atoms with E-state index in [0.29, 0.717) is 12.8 Å². The Balaban J connectivity index is 3.29. The first-order chi connectivity index (χ1) is 6.20. The maximum absolute atomic E-state index is 10.7. The molecule has 1 unspecified atom stereocenters. The van der Waals surface area contributed by atoms with E-state index in [-0.39, 0.29) is 12.1 Å². The van der Waals surface area contributed by atoms with Crippen molar-refractivity contribution in [2.75, 3.05) is 7.11 Å². The Morgan fingerprint density at radius 2 is 2.08 bits per heavy atom. The molecule has 13 heavy (non-hydrogen) atoms. The van der Waals surface area contributed by atoms with E-state index in [9.17, 15) is 9.90 Å². The molecule has 0 bridgehead atoms. The van der Waals surface area contributed by atoms with E-state index < -0.39 is 0 Å². The van der Waals surface area contributed by atoms with Gasteiger partial charge in [-0.25, -0.2) is 0 Å². The fourth-order valence-electron chi connectivity index (χ4n) is 1.16. The van der Waals surface area contributed by atoms with Crippen LogP contribution in [0.1, 0.15) is 45.4 Å². The van der Waals surface area contributed by atoms with Gasteiger partial charge in [0.05, 0.1) is 13.2 Å². The van der Waals surface area contributed by atoms with Gasteiger partial charge in [-0.3, -0.25) is 4.79 Å². The average Bonchev–Trinajstić information content (AvgIpc) is 2.14. The van der Waals surface area contributed by atoms with Crippen LogP contribution >= 0.6 is 0 Å². The second-order valence-corrected chi connectivity index (χ2v) is 3.26. The fourth-order valence-corrected chi connectivity index (χ4v) is 1.16. The number of esters is 1. The summed E-state index contributed by atoms with van der Waals surface area (Å²) in [4.78, 5) is 10.7. The smallest absolute Gasteiger partial charge is 0.305 e. The van der Waals surface area contributed by atoms with Gasteiger partial charge in [0.25, 0.3) is 0 Å². The summed E-state index contributed by atoms with van der Waals surface area (Å²) < 4.78 is 4.48.